The molecular weight excluding hydrogens is 464 g/mol. The highest BCUT2D eigenvalue weighted by atomic mass is 32.2. The molecule has 0 unspecified atom stereocenters. The Bertz CT molecular complexity index is 1410. The Hall–Kier alpha value is -3.72. The quantitative estimate of drug-likeness (QED) is 0.397. The Morgan fingerprint density at radius 3 is 2.51 bits per heavy atom. The molecule has 8 nitrogen and oxygen atoms in total. The average molecular weight is 493 g/mol. The highest BCUT2D eigenvalue weighted by Crippen LogP contribution is 2.32. The van der Waals surface area contributed by atoms with Gasteiger partial charge in [0, 0.05) is 16.0 Å². The van der Waals surface area contributed by atoms with Crippen molar-refractivity contribution in [3.8, 4) is 11.4 Å². The molecule has 2 aromatic heterocycles. The maximum Gasteiger partial charge on any atom is 0.408 e. The number of rotatable bonds is 6. The van der Waals surface area contributed by atoms with E-state index in [1.54, 1.807) is 45.5 Å². The van der Waals surface area contributed by atoms with Gasteiger partial charge in [0.15, 0.2) is 5.82 Å². The summed E-state index contributed by atoms with van der Waals surface area (Å²) in [4.78, 5) is 28.0. The minimum absolute atomic E-state index is 0.241. The van der Waals surface area contributed by atoms with Gasteiger partial charge in [0.25, 0.3) is 5.56 Å². The van der Waals surface area contributed by atoms with E-state index in [2.05, 4.69) is 5.32 Å². The van der Waals surface area contributed by atoms with Crippen LogP contribution in [0.3, 0.4) is 0 Å². The third kappa shape index (κ3) is 5.51. The zero-order chi connectivity index (χ0) is 25.2. The summed E-state index contributed by atoms with van der Waals surface area (Å²) in [6.07, 6.45) is 1.17. The molecular formula is C26H28N4O4S. The minimum Gasteiger partial charge on any atom is -0.497 e. The van der Waals surface area contributed by atoms with Gasteiger partial charge in [0.1, 0.15) is 16.9 Å². The summed E-state index contributed by atoms with van der Waals surface area (Å²) < 4.78 is 13.8. The number of methoxy groups -OCH3 is 1. The van der Waals surface area contributed by atoms with Crippen molar-refractivity contribution in [2.75, 3.05) is 7.11 Å². The maximum absolute atomic E-state index is 13.9. The van der Waals surface area contributed by atoms with E-state index in [0.717, 1.165) is 15.5 Å². The van der Waals surface area contributed by atoms with E-state index < -0.39 is 17.7 Å². The van der Waals surface area contributed by atoms with E-state index in [9.17, 15) is 9.59 Å². The Morgan fingerprint density at radius 1 is 1.09 bits per heavy atom. The summed E-state index contributed by atoms with van der Waals surface area (Å²) in [6.45, 7) is 7.15. The summed E-state index contributed by atoms with van der Waals surface area (Å²) >= 11 is 1.46. The summed E-state index contributed by atoms with van der Waals surface area (Å²) in [5.74, 6) is 1.12. The molecule has 9 heteroatoms. The third-order valence-electron chi connectivity index (χ3n) is 5.08. The van der Waals surface area contributed by atoms with Crippen LogP contribution in [0, 0.1) is 0 Å². The number of alkyl carbamates (subject to hydrolysis) is 1. The predicted octanol–water partition coefficient (Wildman–Crippen LogP) is 5.23. The van der Waals surface area contributed by atoms with Crippen molar-refractivity contribution >= 4 is 23.4 Å². The highest BCUT2D eigenvalue weighted by molar-refractivity contribution is 7.99. The number of hydrogen-bond acceptors (Lipinski definition) is 6. The lowest BCUT2D eigenvalue weighted by atomic mass is 10.2. The molecule has 4 aromatic rings. The Balaban J connectivity index is 1.80. The van der Waals surface area contributed by atoms with Crippen LogP contribution in [-0.4, -0.2) is 33.0 Å². The molecule has 0 spiro atoms. The summed E-state index contributed by atoms with van der Waals surface area (Å²) in [5.41, 5.74) is 0.204. The van der Waals surface area contributed by atoms with Crippen LogP contribution in [0.15, 0.2) is 81.4 Å². The van der Waals surface area contributed by atoms with Gasteiger partial charge in [-0.05, 0) is 64.1 Å². The van der Waals surface area contributed by atoms with Gasteiger partial charge in [-0.3, -0.25) is 9.36 Å². The molecule has 35 heavy (non-hydrogen) atoms. The van der Waals surface area contributed by atoms with Crippen molar-refractivity contribution in [2.45, 2.75) is 49.1 Å². The van der Waals surface area contributed by atoms with Crippen LogP contribution in [0.1, 0.15) is 39.6 Å². The first-order chi connectivity index (χ1) is 16.7. The number of para-hydroxylation sites is 1. The Labute approximate surface area is 207 Å². The molecule has 0 fully saturated rings. The third-order valence-corrected chi connectivity index (χ3v) is 6.12. The second kappa shape index (κ2) is 9.87. The first kappa shape index (κ1) is 24.4. The van der Waals surface area contributed by atoms with E-state index in [1.165, 1.54) is 16.3 Å². The number of benzene rings is 2. The molecule has 0 radical (unpaired) electrons. The number of fused-ring (bicyclic) bond motifs is 1. The van der Waals surface area contributed by atoms with Gasteiger partial charge < -0.3 is 14.8 Å². The van der Waals surface area contributed by atoms with E-state index >= 15 is 0 Å². The average Bonchev–Trinajstić information content (AvgIpc) is 3.21. The van der Waals surface area contributed by atoms with Crippen LogP contribution in [0.4, 0.5) is 4.79 Å². The standard InChI is InChI=1S/C26H28N4O4S/c1-17(27-25(32)34-26(2,3)4)23-28-29-15-14-21(35-20-13-9-12-19(16-20)33-5)22(29)24(31)30(23)18-10-7-6-8-11-18/h6-17H,1-5H3,(H,27,32)/t17-/m0/s1. The fraction of sp³-hybridized carbons (Fsp3) is 0.269. The van der Waals surface area contributed by atoms with E-state index in [4.69, 9.17) is 14.6 Å². The van der Waals surface area contributed by atoms with Gasteiger partial charge in [0.05, 0.1) is 18.8 Å². The number of ether oxygens (including phenoxy) is 2. The molecule has 0 saturated carbocycles. The molecule has 0 aliphatic heterocycles. The van der Waals surface area contributed by atoms with Gasteiger partial charge in [-0.2, -0.15) is 5.10 Å². The summed E-state index contributed by atoms with van der Waals surface area (Å²) in [5, 5.41) is 7.53. The SMILES string of the molecule is COc1cccc(Sc2ccn3nc([C@H](C)NC(=O)OC(C)(C)C)n(-c4ccccc4)c(=O)c23)c1. The second-order valence-electron chi connectivity index (χ2n) is 8.96. The van der Waals surface area contributed by atoms with Gasteiger partial charge in [-0.15, -0.1) is 0 Å². The number of carbonyl (C=O) groups is 1. The molecule has 2 aromatic carbocycles. The number of hydrogen-bond donors (Lipinski definition) is 1. The fourth-order valence-electron chi connectivity index (χ4n) is 3.59. The van der Waals surface area contributed by atoms with Crippen LogP contribution in [0.5, 0.6) is 5.75 Å². The van der Waals surface area contributed by atoms with E-state index in [-0.39, 0.29) is 5.56 Å². The lowest BCUT2D eigenvalue weighted by Crippen LogP contribution is -2.37. The minimum atomic E-state index is -0.646. The molecule has 182 valence electrons. The van der Waals surface area contributed by atoms with Crippen LogP contribution in [0.2, 0.25) is 0 Å². The van der Waals surface area contributed by atoms with Crippen LogP contribution in [-0.2, 0) is 4.74 Å². The molecule has 1 N–H and O–H groups in total. The van der Waals surface area contributed by atoms with E-state index in [0.29, 0.717) is 17.0 Å². The van der Waals surface area contributed by atoms with Crippen molar-refractivity contribution in [1.82, 2.24) is 19.5 Å². The highest BCUT2D eigenvalue weighted by Gasteiger charge is 2.24. The first-order valence-electron chi connectivity index (χ1n) is 11.2. The molecule has 1 atom stereocenters. The Kier molecular flexibility index (Phi) is 6.88. The Morgan fingerprint density at radius 2 is 1.83 bits per heavy atom. The van der Waals surface area contributed by atoms with Crippen LogP contribution in [0.25, 0.3) is 11.2 Å². The molecule has 0 aliphatic rings. The van der Waals surface area contributed by atoms with Crippen molar-refractivity contribution in [3.63, 3.8) is 0 Å². The van der Waals surface area contributed by atoms with Crippen LogP contribution >= 0.6 is 11.8 Å². The monoisotopic (exact) mass is 492 g/mol. The normalized spacial score (nSPS) is 12.4. The summed E-state index contributed by atoms with van der Waals surface area (Å²) in [6, 6.07) is 18.2. The smallest absolute Gasteiger partial charge is 0.408 e. The maximum atomic E-state index is 13.9. The lowest BCUT2D eigenvalue weighted by molar-refractivity contribution is 0.0505. The summed E-state index contributed by atoms with van der Waals surface area (Å²) in [7, 11) is 1.62. The molecule has 2 heterocycles. The molecule has 0 bridgehead atoms. The molecule has 1 amide bonds. The molecule has 4 rings (SSSR count). The molecule has 0 saturated heterocycles. The predicted molar refractivity (Wildman–Crippen MR) is 136 cm³/mol. The van der Waals surface area contributed by atoms with Crippen molar-refractivity contribution in [1.29, 1.82) is 0 Å². The van der Waals surface area contributed by atoms with Gasteiger partial charge in [-0.25, -0.2) is 9.31 Å². The largest absolute Gasteiger partial charge is 0.497 e. The number of nitrogens with one attached hydrogen (secondary N) is 1. The first-order valence-corrected chi connectivity index (χ1v) is 12.0. The van der Waals surface area contributed by atoms with E-state index in [1.807, 2.05) is 60.7 Å². The zero-order valence-electron chi connectivity index (χ0n) is 20.3. The van der Waals surface area contributed by atoms with Gasteiger partial charge in [-0.1, -0.05) is 36.0 Å². The van der Waals surface area contributed by atoms with Gasteiger partial charge >= 0.3 is 6.09 Å². The lowest BCUT2D eigenvalue weighted by Gasteiger charge is -2.23. The zero-order valence-corrected chi connectivity index (χ0v) is 21.1. The van der Waals surface area contributed by atoms with Crippen LogP contribution < -0.4 is 15.6 Å². The second-order valence-corrected chi connectivity index (χ2v) is 10.1. The number of nitrogens with zero attached hydrogens (tertiary/aromatic N) is 3. The molecule has 0 aliphatic carbocycles. The van der Waals surface area contributed by atoms with Crippen molar-refractivity contribution in [3.05, 3.63) is 83.0 Å². The van der Waals surface area contributed by atoms with Gasteiger partial charge in [0.2, 0.25) is 0 Å². The van der Waals surface area contributed by atoms with Crippen molar-refractivity contribution < 1.29 is 14.3 Å². The number of aromatic nitrogens is 3. The fourth-order valence-corrected chi connectivity index (χ4v) is 4.57. The number of amides is 1. The van der Waals surface area contributed by atoms with Crippen molar-refractivity contribution in [2.24, 2.45) is 0 Å². The topological polar surface area (TPSA) is 86.9 Å². The number of carbonyl (C=O) groups excluding carboxylic acids is 1.